The molecule has 1 amide bonds. The second-order valence-electron chi connectivity index (χ2n) is 5.22. The van der Waals surface area contributed by atoms with E-state index in [1.807, 2.05) is 54.6 Å². The number of benzene rings is 2. The number of nitrogens with zero attached hydrogens (tertiary/aromatic N) is 2. The highest BCUT2D eigenvalue weighted by atomic mass is 16.5. The van der Waals surface area contributed by atoms with Gasteiger partial charge in [-0.25, -0.2) is 9.97 Å². The third kappa shape index (κ3) is 3.57. The first-order valence-electron chi connectivity index (χ1n) is 7.52. The molecule has 1 N–H and O–H groups in total. The average Bonchev–Trinajstić information content (AvgIpc) is 2.67. The molecule has 3 rings (SSSR count). The summed E-state index contributed by atoms with van der Waals surface area (Å²) in [5.41, 5.74) is 2.34. The van der Waals surface area contributed by atoms with Crippen molar-refractivity contribution in [1.29, 1.82) is 0 Å². The lowest BCUT2D eigenvalue weighted by Crippen LogP contribution is -2.29. The maximum absolute atomic E-state index is 12.5. The van der Waals surface area contributed by atoms with Gasteiger partial charge in [0.05, 0.1) is 18.7 Å². The minimum Gasteiger partial charge on any atom is -0.497 e. The average molecular weight is 319 g/mol. The summed E-state index contributed by atoms with van der Waals surface area (Å²) in [5, 5.41) is 3.04. The van der Waals surface area contributed by atoms with E-state index in [2.05, 4.69) is 15.3 Å². The summed E-state index contributed by atoms with van der Waals surface area (Å²) < 4.78 is 5.30. The van der Waals surface area contributed by atoms with E-state index in [-0.39, 0.29) is 11.9 Å². The van der Waals surface area contributed by atoms with Crippen LogP contribution in [0.1, 0.15) is 27.5 Å². The van der Waals surface area contributed by atoms with Gasteiger partial charge < -0.3 is 10.1 Å². The van der Waals surface area contributed by atoms with E-state index >= 15 is 0 Å². The molecule has 0 spiro atoms. The number of amides is 1. The van der Waals surface area contributed by atoms with Crippen LogP contribution in [0.2, 0.25) is 0 Å². The van der Waals surface area contributed by atoms with E-state index in [1.54, 1.807) is 7.11 Å². The predicted octanol–water partition coefficient (Wildman–Crippen LogP) is 3.00. The number of hydrogen-bond acceptors (Lipinski definition) is 4. The molecule has 5 heteroatoms. The Morgan fingerprint density at radius 1 is 1.00 bits per heavy atom. The number of methoxy groups -OCH3 is 1. The molecule has 5 nitrogen and oxygen atoms in total. The number of nitrogens with one attached hydrogen (secondary N) is 1. The quantitative estimate of drug-likeness (QED) is 0.785. The Balaban J connectivity index is 1.95. The maximum Gasteiger partial charge on any atom is 0.255 e. The maximum atomic E-state index is 12.5. The van der Waals surface area contributed by atoms with E-state index in [0.29, 0.717) is 5.56 Å². The molecule has 0 aliphatic carbocycles. The van der Waals surface area contributed by atoms with E-state index in [0.717, 1.165) is 16.9 Å². The summed E-state index contributed by atoms with van der Waals surface area (Å²) >= 11 is 0. The van der Waals surface area contributed by atoms with Crippen molar-refractivity contribution >= 4 is 5.91 Å². The topological polar surface area (TPSA) is 64.1 Å². The Hall–Kier alpha value is -3.21. The number of carbonyl (C=O) groups excluding carboxylic acids is 1. The monoisotopic (exact) mass is 319 g/mol. The normalized spacial score (nSPS) is 11.5. The van der Waals surface area contributed by atoms with Gasteiger partial charge in [0.1, 0.15) is 12.1 Å². The molecular formula is C19H17N3O2. The van der Waals surface area contributed by atoms with Crippen molar-refractivity contribution < 1.29 is 9.53 Å². The second kappa shape index (κ2) is 7.37. The van der Waals surface area contributed by atoms with Gasteiger partial charge in [-0.2, -0.15) is 0 Å². The zero-order valence-electron chi connectivity index (χ0n) is 13.2. The van der Waals surface area contributed by atoms with Crippen LogP contribution in [0.25, 0.3) is 0 Å². The first-order valence-corrected chi connectivity index (χ1v) is 7.52. The van der Waals surface area contributed by atoms with Crippen LogP contribution in [0.3, 0.4) is 0 Å². The fourth-order valence-electron chi connectivity index (χ4n) is 2.46. The van der Waals surface area contributed by atoms with Crippen LogP contribution >= 0.6 is 0 Å². The molecule has 1 aromatic heterocycles. The molecule has 2 aromatic carbocycles. The Kier molecular flexibility index (Phi) is 4.81. The Morgan fingerprint density at radius 3 is 2.42 bits per heavy atom. The molecule has 24 heavy (non-hydrogen) atoms. The first-order chi connectivity index (χ1) is 11.8. The van der Waals surface area contributed by atoms with Gasteiger partial charge in [0, 0.05) is 12.4 Å². The minimum absolute atomic E-state index is 0.229. The third-order valence-electron chi connectivity index (χ3n) is 3.66. The SMILES string of the molecule is COc1cccc(C(NC(=O)c2cncnc2)c2ccccc2)c1. The molecule has 1 unspecified atom stereocenters. The molecule has 1 atom stereocenters. The summed E-state index contributed by atoms with van der Waals surface area (Å²) in [5.74, 6) is 0.512. The second-order valence-corrected chi connectivity index (χ2v) is 5.22. The van der Waals surface area contributed by atoms with Gasteiger partial charge >= 0.3 is 0 Å². The van der Waals surface area contributed by atoms with Crippen molar-refractivity contribution in [2.24, 2.45) is 0 Å². The van der Waals surface area contributed by atoms with Crippen molar-refractivity contribution in [1.82, 2.24) is 15.3 Å². The van der Waals surface area contributed by atoms with Gasteiger partial charge in [0.2, 0.25) is 0 Å². The Labute approximate surface area is 140 Å². The zero-order valence-corrected chi connectivity index (χ0v) is 13.2. The molecular weight excluding hydrogens is 302 g/mol. The Morgan fingerprint density at radius 2 is 1.71 bits per heavy atom. The van der Waals surface area contributed by atoms with Crippen LogP contribution in [0.15, 0.2) is 73.3 Å². The van der Waals surface area contributed by atoms with Gasteiger partial charge in [-0.1, -0.05) is 42.5 Å². The van der Waals surface area contributed by atoms with Gasteiger partial charge in [-0.15, -0.1) is 0 Å². The number of aromatic nitrogens is 2. The van der Waals surface area contributed by atoms with Gasteiger partial charge in [-0.05, 0) is 23.3 Å². The van der Waals surface area contributed by atoms with Crippen LogP contribution in [-0.2, 0) is 0 Å². The van der Waals surface area contributed by atoms with Crippen molar-refractivity contribution in [3.05, 3.63) is 90.0 Å². The lowest BCUT2D eigenvalue weighted by atomic mass is 9.98. The van der Waals surface area contributed by atoms with Gasteiger partial charge in [0.25, 0.3) is 5.91 Å². The summed E-state index contributed by atoms with van der Waals surface area (Å²) in [6.45, 7) is 0. The molecule has 120 valence electrons. The van der Waals surface area contributed by atoms with Crippen LogP contribution < -0.4 is 10.1 Å². The standard InChI is InChI=1S/C19H17N3O2/c1-24-17-9-5-8-15(10-17)18(14-6-3-2-4-7-14)22-19(23)16-11-20-13-21-12-16/h2-13,18H,1H3,(H,22,23). The molecule has 0 fully saturated rings. The predicted molar refractivity (Wildman–Crippen MR) is 90.8 cm³/mol. The van der Waals surface area contributed by atoms with Crippen molar-refractivity contribution in [2.45, 2.75) is 6.04 Å². The molecule has 0 aliphatic heterocycles. The van der Waals surface area contributed by atoms with Crippen molar-refractivity contribution in [3.8, 4) is 5.75 Å². The van der Waals surface area contributed by atoms with Gasteiger partial charge in [-0.3, -0.25) is 4.79 Å². The largest absolute Gasteiger partial charge is 0.497 e. The molecule has 1 heterocycles. The molecule has 0 saturated carbocycles. The first kappa shape index (κ1) is 15.7. The molecule has 0 saturated heterocycles. The third-order valence-corrected chi connectivity index (χ3v) is 3.66. The van der Waals surface area contributed by atoms with Crippen molar-refractivity contribution in [2.75, 3.05) is 7.11 Å². The summed E-state index contributed by atoms with van der Waals surface area (Å²) in [6.07, 6.45) is 4.39. The van der Waals surface area contributed by atoms with E-state index in [4.69, 9.17) is 4.74 Å². The summed E-state index contributed by atoms with van der Waals surface area (Å²) in [7, 11) is 1.62. The number of hydrogen-bond donors (Lipinski definition) is 1. The fraction of sp³-hybridized carbons (Fsp3) is 0.105. The Bertz CT molecular complexity index is 807. The lowest BCUT2D eigenvalue weighted by Gasteiger charge is -2.20. The highest BCUT2D eigenvalue weighted by Crippen LogP contribution is 2.25. The summed E-state index contributed by atoms with van der Waals surface area (Å²) in [6, 6.07) is 17.1. The summed E-state index contributed by atoms with van der Waals surface area (Å²) in [4.78, 5) is 20.3. The minimum atomic E-state index is -0.297. The highest BCUT2D eigenvalue weighted by Gasteiger charge is 2.18. The molecule has 0 aliphatic rings. The number of carbonyl (C=O) groups is 1. The lowest BCUT2D eigenvalue weighted by molar-refractivity contribution is 0.0942. The number of ether oxygens (including phenoxy) is 1. The zero-order chi connectivity index (χ0) is 16.8. The van der Waals surface area contributed by atoms with Crippen LogP contribution in [0, 0.1) is 0 Å². The molecule has 0 radical (unpaired) electrons. The van der Waals surface area contributed by atoms with E-state index in [9.17, 15) is 4.79 Å². The van der Waals surface area contributed by atoms with Gasteiger partial charge in [0.15, 0.2) is 0 Å². The van der Waals surface area contributed by atoms with Crippen LogP contribution in [0.5, 0.6) is 5.75 Å². The smallest absolute Gasteiger partial charge is 0.255 e. The number of rotatable bonds is 5. The molecule has 0 bridgehead atoms. The highest BCUT2D eigenvalue weighted by molar-refractivity contribution is 5.94. The fourth-order valence-corrected chi connectivity index (χ4v) is 2.46. The molecule has 3 aromatic rings. The van der Waals surface area contributed by atoms with Crippen LogP contribution in [0.4, 0.5) is 0 Å². The van der Waals surface area contributed by atoms with E-state index < -0.39 is 0 Å². The van der Waals surface area contributed by atoms with Crippen molar-refractivity contribution in [3.63, 3.8) is 0 Å². The van der Waals surface area contributed by atoms with E-state index in [1.165, 1.54) is 18.7 Å². The van der Waals surface area contributed by atoms with Crippen LogP contribution in [-0.4, -0.2) is 23.0 Å².